The number of benzene rings is 1. The second-order valence-corrected chi connectivity index (χ2v) is 5.26. The smallest absolute Gasteiger partial charge is 0.319 e. The predicted molar refractivity (Wildman–Crippen MR) is 65.4 cm³/mol. The van der Waals surface area contributed by atoms with E-state index in [0.29, 0.717) is 0 Å². The number of nitrogens with one attached hydrogen (secondary N) is 1. The third kappa shape index (κ3) is 2.86. The van der Waals surface area contributed by atoms with Crippen LogP contribution >= 0.6 is 0 Å². The second kappa shape index (κ2) is 4.92. The topological polar surface area (TPSA) is 12.0 Å². The van der Waals surface area contributed by atoms with Gasteiger partial charge in [-0.05, 0) is 49.4 Å². The van der Waals surface area contributed by atoms with Gasteiger partial charge in [0.05, 0.1) is 5.56 Å². The van der Waals surface area contributed by atoms with Gasteiger partial charge in [-0.15, -0.1) is 0 Å². The Hall–Kier alpha value is -1.03. The van der Waals surface area contributed by atoms with Gasteiger partial charge in [0.15, 0.2) is 0 Å². The molecule has 1 aromatic rings. The number of rotatable bonds is 4. The van der Waals surface area contributed by atoms with E-state index in [9.17, 15) is 13.2 Å². The van der Waals surface area contributed by atoms with E-state index in [2.05, 4.69) is 5.32 Å². The summed E-state index contributed by atoms with van der Waals surface area (Å²) in [6.45, 7) is 0.939. The fourth-order valence-corrected chi connectivity index (χ4v) is 2.71. The first-order valence-electron chi connectivity index (χ1n) is 6.26. The van der Waals surface area contributed by atoms with Crippen molar-refractivity contribution < 1.29 is 13.2 Å². The van der Waals surface area contributed by atoms with Gasteiger partial charge in [-0.3, -0.25) is 0 Å². The van der Waals surface area contributed by atoms with Crippen LogP contribution in [0.15, 0.2) is 24.3 Å². The number of hydrogen-bond donors (Lipinski definition) is 1. The minimum absolute atomic E-state index is 0.258. The molecular formula is C14H18F3N. The van der Waals surface area contributed by atoms with Crippen molar-refractivity contribution in [1.29, 1.82) is 0 Å². The van der Waals surface area contributed by atoms with Gasteiger partial charge >= 0.3 is 6.18 Å². The zero-order valence-electron chi connectivity index (χ0n) is 10.5. The highest BCUT2D eigenvalue weighted by atomic mass is 19.4. The molecule has 1 aliphatic rings. The van der Waals surface area contributed by atoms with Gasteiger partial charge < -0.3 is 5.32 Å². The Morgan fingerprint density at radius 3 is 2.17 bits per heavy atom. The molecule has 0 heterocycles. The Morgan fingerprint density at radius 1 is 1.17 bits per heavy atom. The van der Waals surface area contributed by atoms with Crippen LogP contribution in [0.5, 0.6) is 0 Å². The summed E-state index contributed by atoms with van der Waals surface area (Å²) in [5.74, 6) is 0. The van der Waals surface area contributed by atoms with Gasteiger partial charge in [-0.1, -0.05) is 18.6 Å². The zero-order valence-corrected chi connectivity index (χ0v) is 10.5. The second-order valence-electron chi connectivity index (χ2n) is 5.26. The van der Waals surface area contributed by atoms with Gasteiger partial charge in [0, 0.05) is 6.54 Å². The van der Waals surface area contributed by atoms with Crippen LogP contribution in [0.3, 0.4) is 0 Å². The van der Waals surface area contributed by atoms with E-state index in [1.807, 2.05) is 7.05 Å². The van der Waals surface area contributed by atoms with Crippen molar-refractivity contribution in [3.05, 3.63) is 35.4 Å². The standard InChI is InChI=1S/C14H18F3N/c1-18-10-13(7-2-8-13)9-11-3-5-12(6-4-11)14(15,16)17/h3-6,18H,2,7-10H2,1H3. The Morgan fingerprint density at radius 2 is 1.78 bits per heavy atom. The van der Waals surface area contributed by atoms with Crippen LogP contribution in [-0.2, 0) is 12.6 Å². The number of hydrogen-bond acceptors (Lipinski definition) is 1. The first-order valence-corrected chi connectivity index (χ1v) is 6.26. The molecule has 100 valence electrons. The summed E-state index contributed by atoms with van der Waals surface area (Å²) in [6, 6.07) is 5.58. The maximum atomic E-state index is 12.4. The van der Waals surface area contributed by atoms with Crippen LogP contribution in [0, 0.1) is 5.41 Å². The summed E-state index contributed by atoms with van der Waals surface area (Å²) >= 11 is 0. The van der Waals surface area contributed by atoms with Crippen molar-refractivity contribution in [2.45, 2.75) is 31.9 Å². The van der Waals surface area contributed by atoms with E-state index in [1.54, 1.807) is 12.1 Å². The third-order valence-electron chi connectivity index (χ3n) is 3.83. The molecule has 4 heteroatoms. The van der Waals surface area contributed by atoms with Gasteiger partial charge in [-0.25, -0.2) is 0 Å². The lowest BCUT2D eigenvalue weighted by atomic mass is 9.65. The number of halogens is 3. The van der Waals surface area contributed by atoms with Crippen molar-refractivity contribution in [2.24, 2.45) is 5.41 Å². The minimum atomic E-state index is -4.24. The summed E-state index contributed by atoms with van der Waals surface area (Å²) in [5, 5.41) is 3.19. The molecule has 0 bridgehead atoms. The lowest BCUT2D eigenvalue weighted by Gasteiger charge is -2.42. The maximum absolute atomic E-state index is 12.4. The zero-order chi connectivity index (χ0) is 13.2. The van der Waals surface area contributed by atoms with Gasteiger partial charge in [0.1, 0.15) is 0 Å². The predicted octanol–water partition coefficient (Wildman–Crippen LogP) is 3.64. The van der Waals surface area contributed by atoms with Crippen LogP contribution in [0.2, 0.25) is 0 Å². The molecule has 1 fully saturated rings. The highest BCUT2D eigenvalue weighted by Crippen LogP contribution is 2.43. The average molecular weight is 257 g/mol. The Balaban J connectivity index is 2.06. The molecule has 0 amide bonds. The molecule has 0 aliphatic heterocycles. The molecule has 0 saturated heterocycles. The molecule has 1 saturated carbocycles. The lowest BCUT2D eigenvalue weighted by Crippen LogP contribution is -2.40. The van der Waals surface area contributed by atoms with Crippen molar-refractivity contribution in [1.82, 2.24) is 5.32 Å². The molecule has 1 nitrogen and oxygen atoms in total. The maximum Gasteiger partial charge on any atom is 0.416 e. The van der Waals surface area contributed by atoms with Gasteiger partial charge in [0.2, 0.25) is 0 Å². The van der Waals surface area contributed by atoms with E-state index >= 15 is 0 Å². The monoisotopic (exact) mass is 257 g/mol. The highest BCUT2D eigenvalue weighted by molar-refractivity contribution is 5.26. The van der Waals surface area contributed by atoms with E-state index < -0.39 is 11.7 Å². The van der Waals surface area contributed by atoms with Crippen LogP contribution in [-0.4, -0.2) is 13.6 Å². The minimum Gasteiger partial charge on any atom is -0.319 e. The lowest BCUT2D eigenvalue weighted by molar-refractivity contribution is -0.137. The fourth-order valence-electron chi connectivity index (χ4n) is 2.71. The molecule has 1 aromatic carbocycles. The molecule has 0 atom stereocenters. The highest BCUT2D eigenvalue weighted by Gasteiger charge is 2.36. The van der Waals surface area contributed by atoms with E-state index in [1.165, 1.54) is 18.6 Å². The molecule has 0 radical (unpaired) electrons. The first-order chi connectivity index (χ1) is 8.45. The SMILES string of the molecule is CNCC1(Cc2ccc(C(F)(F)F)cc2)CCC1. The molecule has 1 aliphatic carbocycles. The summed E-state index contributed by atoms with van der Waals surface area (Å²) < 4.78 is 37.3. The Kier molecular flexibility index (Phi) is 3.66. The summed E-state index contributed by atoms with van der Waals surface area (Å²) in [7, 11) is 1.92. The van der Waals surface area contributed by atoms with Crippen LogP contribution in [0.4, 0.5) is 13.2 Å². The Labute approximate surface area is 105 Å². The number of alkyl halides is 3. The van der Waals surface area contributed by atoms with Crippen LogP contribution < -0.4 is 5.32 Å². The van der Waals surface area contributed by atoms with Crippen molar-refractivity contribution in [3.63, 3.8) is 0 Å². The van der Waals surface area contributed by atoms with E-state index in [-0.39, 0.29) is 5.41 Å². The molecule has 0 aromatic heterocycles. The largest absolute Gasteiger partial charge is 0.416 e. The average Bonchev–Trinajstić information content (AvgIpc) is 2.26. The van der Waals surface area contributed by atoms with Crippen molar-refractivity contribution in [3.8, 4) is 0 Å². The van der Waals surface area contributed by atoms with Crippen LogP contribution in [0.1, 0.15) is 30.4 Å². The summed E-state index contributed by atoms with van der Waals surface area (Å²) in [4.78, 5) is 0. The molecular weight excluding hydrogens is 239 g/mol. The normalized spacial score (nSPS) is 18.4. The van der Waals surface area contributed by atoms with E-state index in [0.717, 1.165) is 31.4 Å². The molecule has 18 heavy (non-hydrogen) atoms. The quantitative estimate of drug-likeness (QED) is 0.868. The molecule has 0 unspecified atom stereocenters. The molecule has 2 rings (SSSR count). The summed E-state index contributed by atoms with van der Waals surface area (Å²) in [5.41, 5.74) is 0.689. The van der Waals surface area contributed by atoms with Crippen molar-refractivity contribution in [2.75, 3.05) is 13.6 Å². The summed E-state index contributed by atoms with van der Waals surface area (Å²) in [6.07, 6.45) is 0.176. The van der Waals surface area contributed by atoms with Gasteiger partial charge in [-0.2, -0.15) is 13.2 Å². The third-order valence-corrected chi connectivity index (χ3v) is 3.83. The van der Waals surface area contributed by atoms with Gasteiger partial charge in [0.25, 0.3) is 0 Å². The Bertz CT molecular complexity index is 390. The van der Waals surface area contributed by atoms with Crippen LogP contribution in [0.25, 0.3) is 0 Å². The first kappa shape index (κ1) is 13.4. The molecule has 1 N–H and O–H groups in total. The van der Waals surface area contributed by atoms with E-state index in [4.69, 9.17) is 0 Å². The van der Waals surface area contributed by atoms with Crippen molar-refractivity contribution >= 4 is 0 Å². The fraction of sp³-hybridized carbons (Fsp3) is 0.571. The molecule has 0 spiro atoms.